The van der Waals surface area contributed by atoms with Gasteiger partial charge in [0.05, 0.1) is 6.10 Å². The second-order valence-corrected chi connectivity index (χ2v) is 4.51. The fourth-order valence-electron chi connectivity index (χ4n) is 2.56. The minimum atomic E-state index is -0.208. The van der Waals surface area contributed by atoms with Gasteiger partial charge in [0, 0.05) is 5.41 Å². The minimum absolute atomic E-state index is 0.101. The molecule has 1 aliphatic carbocycles. The Labute approximate surface area is 85.8 Å². The van der Waals surface area contributed by atoms with Crippen molar-refractivity contribution in [1.29, 1.82) is 0 Å². The molecule has 1 N–H and O–H groups in total. The van der Waals surface area contributed by atoms with Crippen LogP contribution in [0.25, 0.3) is 0 Å². The minimum Gasteiger partial charge on any atom is -0.393 e. The second kappa shape index (κ2) is 3.39. The van der Waals surface area contributed by atoms with Gasteiger partial charge in [-0.2, -0.15) is 0 Å². The Balaban J connectivity index is 2.32. The Bertz CT molecular complexity index is 303. The summed E-state index contributed by atoms with van der Waals surface area (Å²) in [6, 6.07) is 8.56. The van der Waals surface area contributed by atoms with Crippen LogP contribution in [0.5, 0.6) is 0 Å². The van der Waals surface area contributed by atoms with Crippen LogP contribution in [0.15, 0.2) is 24.3 Å². The van der Waals surface area contributed by atoms with Gasteiger partial charge in [0.25, 0.3) is 0 Å². The van der Waals surface area contributed by atoms with Gasteiger partial charge in [0.15, 0.2) is 0 Å². The predicted octanol–water partition coefficient (Wildman–Crippen LogP) is 2.56. The van der Waals surface area contributed by atoms with Crippen LogP contribution in [0.1, 0.15) is 31.4 Å². The molecule has 0 unspecified atom stereocenters. The van der Waals surface area contributed by atoms with E-state index in [9.17, 15) is 5.11 Å². The lowest BCUT2D eigenvalue weighted by Crippen LogP contribution is -2.33. The smallest absolute Gasteiger partial charge is 0.0574 e. The Morgan fingerprint density at radius 2 is 1.79 bits per heavy atom. The molecule has 1 nitrogen and oxygen atoms in total. The standard InChI is InChI=1S/C13H18O/c1-3-13(10(2)14)8-11-6-4-5-7-12(11)9-13/h4-7,10,14H,3,8-9H2,1-2H3/t10-/m1/s1. The quantitative estimate of drug-likeness (QED) is 0.760. The Morgan fingerprint density at radius 3 is 2.14 bits per heavy atom. The van der Waals surface area contributed by atoms with Gasteiger partial charge in [-0.3, -0.25) is 0 Å². The van der Waals surface area contributed by atoms with Gasteiger partial charge in [0.2, 0.25) is 0 Å². The Kier molecular flexibility index (Phi) is 2.36. The third kappa shape index (κ3) is 1.36. The lowest BCUT2D eigenvalue weighted by Gasteiger charge is -2.30. The number of aliphatic hydroxyl groups is 1. The molecule has 76 valence electrons. The summed E-state index contributed by atoms with van der Waals surface area (Å²) in [5.41, 5.74) is 2.95. The van der Waals surface area contributed by atoms with Crippen molar-refractivity contribution < 1.29 is 5.11 Å². The maximum absolute atomic E-state index is 9.87. The first-order chi connectivity index (χ1) is 6.68. The van der Waals surface area contributed by atoms with Gasteiger partial charge in [-0.05, 0) is 37.3 Å². The molecular weight excluding hydrogens is 172 g/mol. The molecule has 1 aromatic carbocycles. The highest BCUT2D eigenvalue weighted by molar-refractivity contribution is 5.34. The van der Waals surface area contributed by atoms with E-state index in [-0.39, 0.29) is 11.5 Å². The van der Waals surface area contributed by atoms with Crippen molar-refractivity contribution in [3.8, 4) is 0 Å². The van der Waals surface area contributed by atoms with Crippen molar-refractivity contribution >= 4 is 0 Å². The number of rotatable bonds is 2. The lowest BCUT2D eigenvalue weighted by atomic mass is 9.77. The number of benzene rings is 1. The van der Waals surface area contributed by atoms with E-state index in [1.807, 2.05) is 6.92 Å². The largest absolute Gasteiger partial charge is 0.393 e. The van der Waals surface area contributed by atoms with Gasteiger partial charge in [-0.15, -0.1) is 0 Å². The molecular formula is C13H18O. The topological polar surface area (TPSA) is 20.2 Å². The molecule has 14 heavy (non-hydrogen) atoms. The van der Waals surface area contributed by atoms with E-state index in [0.717, 1.165) is 19.3 Å². The molecule has 0 amide bonds. The molecule has 0 fully saturated rings. The maximum Gasteiger partial charge on any atom is 0.0574 e. The summed E-state index contributed by atoms with van der Waals surface area (Å²) in [4.78, 5) is 0. The average molecular weight is 190 g/mol. The van der Waals surface area contributed by atoms with E-state index in [1.54, 1.807) is 0 Å². The van der Waals surface area contributed by atoms with Crippen molar-refractivity contribution in [2.45, 2.75) is 39.2 Å². The first-order valence-corrected chi connectivity index (χ1v) is 5.43. The van der Waals surface area contributed by atoms with Gasteiger partial charge in [0.1, 0.15) is 0 Å². The van der Waals surface area contributed by atoms with Gasteiger partial charge < -0.3 is 5.11 Å². The van der Waals surface area contributed by atoms with Crippen LogP contribution >= 0.6 is 0 Å². The monoisotopic (exact) mass is 190 g/mol. The highest BCUT2D eigenvalue weighted by atomic mass is 16.3. The first-order valence-electron chi connectivity index (χ1n) is 5.43. The zero-order chi connectivity index (χ0) is 10.2. The van der Waals surface area contributed by atoms with Crippen molar-refractivity contribution in [3.63, 3.8) is 0 Å². The molecule has 0 saturated carbocycles. The summed E-state index contributed by atoms with van der Waals surface area (Å²) in [5, 5.41) is 9.87. The summed E-state index contributed by atoms with van der Waals surface area (Å²) >= 11 is 0. The third-order valence-electron chi connectivity index (χ3n) is 3.79. The number of hydrogen-bond acceptors (Lipinski definition) is 1. The van der Waals surface area contributed by atoms with Crippen LogP contribution in [0, 0.1) is 5.41 Å². The highest BCUT2D eigenvalue weighted by Gasteiger charge is 2.39. The van der Waals surface area contributed by atoms with Crippen molar-refractivity contribution in [2.24, 2.45) is 5.41 Å². The SMILES string of the molecule is CCC1([C@@H](C)O)Cc2ccccc2C1. The van der Waals surface area contributed by atoms with E-state index in [0.29, 0.717) is 0 Å². The summed E-state index contributed by atoms with van der Waals surface area (Å²) in [7, 11) is 0. The zero-order valence-corrected chi connectivity index (χ0v) is 8.96. The summed E-state index contributed by atoms with van der Waals surface area (Å²) in [5.74, 6) is 0. The molecule has 0 radical (unpaired) electrons. The molecule has 2 rings (SSSR count). The third-order valence-corrected chi connectivity index (χ3v) is 3.79. The molecule has 0 spiro atoms. The van der Waals surface area contributed by atoms with E-state index in [1.165, 1.54) is 11.1 Å². The van der Waals surface area contributed by atoms with E-state index >= 15 is 0 Å². The lowest BCUT2D eigenvalue weighted by molar-refractivity contribution is 0.0428. The Morgan fingerprint density at radius 1 is 1.29 bits per heavy atom. The van der Waals surface area contributed by atoms with Crippen LogP contribution in [-0.2, 0) is 12.8 Å². The Hall–Kier alpha value is -0.820. The van der Waals surface area contributed by atoms with Crippen molar-refractivity contribution in [1.82, 2.24) is 0 Å². The maximum atomic E-state index is 9.87. The molecule has 0 aliphatic heterocycles. The number of hydrogen-bond donors (Lipinski definition) is 1. The normalized spacial score (nSPS) is 20.5. The van der Waals surface area contributed by atoms with Crippen LogP contribution < -0.4 is 0 Å². The molecule has 0 bridgehead atoms. The van der Waals surface area contributed by atoms with Crippen LogP contribution in [0.2, 0.25) is 0 Å². The zero-order valence-electron chi connectivity index (χ0n) is 8.96. The number of aliphatic hydroxyl groups excluding tert-OH is 1. The van der Waals surface area contributed by atoms with Crippen LogP contribution in [-0.4, -0.2) is 11.2 Å². The van der Waals surface area contributed by atoms with Gasteiger partial charge >= 0.3 is 0 Å². The van der Waals surface area contributed by atoms with Crippen molar-refractivity contribution in [3.05, 3.63) is 35.4 Å². The summed E-state index contributed by atoms with van der Waals surface area (Å²) in [6.07, 6.45) is 2.92. The van der Waals surface area contributed by atoms with Crippen molar-refractivity contribution in [2.75, 3.05) is 0 Å². The van der Waals surface area contributed by atoms with Crippen LogP contribution in [0.4, 0.5) is 0 Å². The molecule has 1 heteroatoms. The fraction of sp³-hybridized carbons (Fsp3) is 0.538. The van der Waals surface area contributed by atoms with Gasteiger partial charge in [-0.25, -0.2) is 0 Å². The fourth-order valence-corrected chi connectivity index (χ4v) is 2.56. The van der Waals surface area contributed by atoms with E-state index < -0.39 is 0 Å². The first kappa shape index (κ1) is 9.72. The highest BCUT2D eigenvalue weighted by Crippen LogP contribution is 2.41. The molecule has 1 aromatic rings. The van der Waals surface area contributed by atoms with E-state index in [4.69, 9.17) is 0 Å². The molecule has 1 atom stereocenters. The predicted molar refractivity (Wildman–Crippen MR) is 58.3 cm³/mol. The second-order valence-electron chi connectivity index (χ2n) is 4.51. The molecule has 0 heterocycles. The summed E-state index contributed by atoms with van der Waals surface area (Å²) in [6.45, 7) is 4.11. The summed E-state index contributed by atoms with van der Waals surface area (Å²) < 4.78 is 0. The number of fused-ring (bicyclic) bond motifs is 1. The molecule has 0 aromatic heterocycles. The molecule has 1 aliphatic rings. The van der Waals surface area contributed by atoms with Gasteiger partial charge in [-0.1, -0.05) is 31.2 Å². The average Bonchev–Trinajstić information content (AvgIpc) is 2.57. The molecule has 0 saturated heterocycles. The van der Waals surface area contributed by atoms with E-state index in [2.05, 4.69) is 31.2 Å². The van der Waals surface area contributed by atoms with Crippen LogP contribution in [0.3, 0.4) is 0 Å².